The molecule has 1 unspecified atom stereocenters. The molecule has 3 aromatic carbocycles. The number of carbonyl (C=O) groups excluding carboxylic acids is 2. The van der Waals surface area contributed by atoms with Crippen molar-refractivity contribution in [1.82, 2.24) is 0 Å². The molecule has 0 radical (unpaired) electrons. The number of benzene rings is 3. The molecule has 0 saturated carbocycles. The van der Waals surface area contributed by atoms with E-state index < -0.39 is 18.0 Å². The van der Waals surface area contributed by atoms with Crippen LogP contribution in [-0.4, -0.2) is 23.1 Å². The van der Waals surface area contributed by atoms with Crippen LogP contribution >= 0.6 is 0 Å². The summed E-state index contributed by atoms with van der Waals surface area (Å²) in [6, 6.07) is 18.6. The number of nitriles is 1. The van der Waals surface area contributed by atoms with Crippen molar-refractivity contribution in [2.45, 2.75) is 13.0 Å². The van der Waals surface area contributed by atoms with Crippen molar-refractivity contribution in [3.8, 4) is 11.8 Å². The number of hydrogen-bond donors (Lipinski definition) is 2. The number of nitrogens with one attached hydrogen (secondary N) is 1. The highest BCUT2D eigenvalue weighted by Crippen LogP contribution is 2.29. The lowest BCUT2D eigenvalue weighted by Crippen LogP contribution is -2.30. The van der Waals surface area contributed by atoms with Gasteiger partial charge in [0.2, 0.25) is 0 Å². The standard InChI is InChI=1S/C21H16N2O4/c1-13(20(25)23-16-7-4-5-14(11-16)12-22)27-21(26)18-10-9-15-6-2-3-8-17(15)19(18)24/h2-11,13,24H,1H3,(H,23,25). The number of fused-ring (bicyclic) bond motifs is 1. The zero-order valence-corrected chi connectivity index (χ0v) is 14.5. The second-order valence-electron chi connectivity index (χ2n) is 5.91. The fourth-order valence-electron chi connectivity index (χ4n) is 2.61. The van der Waals surface area contributed by atoms with Gasteiger partial charge >= 0.3 is 5.97 Å². The Balaban J connectivity index is 1.72. The number of phenolic OH excluding ortho intramolecular Hbond substituents is 1. The van der Waals surface area contributed by atoms with Crippen LogP contribution in [0.2, 0.25) is 0 Å². The molecule has 6 heteroatoms. The first kappa shape index (κ1) is 18.0. The molecule has 0 spiro atoms. The molecule has 134 valence electrons. The quantitative estimate of drug-likeness (QED) is 0.693. The van der Waals surface area contributed by atoms with Crippen LogP contribution in [0.1, 0.15) is 22.8 Å². The van der Waals surface area contributed by atoms with Crippen molar-refractivity contribution in [1.29, 1.82) is 5.26 Å². The number of ether oxygens (including phenoxy) is 1. The number of aromatic hydroxyl groups is 1. The van der Waals surface area contributed by atoms with Gasteiger partial charge in [0.15, 0.2) is 6.10 Å². The lowest BCUT2D eigenvalue weighted by Gasteiger charge is -2.14. The molecule has 0 bridgehead atoms. The van der Waals surface area contributed by atoms with Crippen LogP contribution in [0.3, 0.4) is 0 Å². The number of phenols is 1. The summed E-state index contributed by atoms with van der Waals surface area (Å²) in [5.41, 5.74) is 0.814. The third-order valence-electron chi connectivity index (χ3n) is 4.03. The maximum Gasteiger partial charge on any atom is 0.342 e. The predicted octanol–water partition coefficient (Wildman–Crippen LogP) is 3.60. The number of anilines is 1. The molecule has 0 heterocycles. The summed E-state index contributed by atoms with van der Waals surface area (Å²) in [6.45, 7) is 1.43. The Morgan fingerprint density at radius 1 is 1.11 bits per heavy atom. The van der Waals surface area contributed by atoms with Gasteiger partial charge in [0.25, 0.3) is 5.91 Å². The number of carbonyl (C=O) groups is 2. The third-order valence-corrected chi connectivity index (χ3v) is 4.03. The van der Waals surface area contributed by atoms with Crippen LogP contribution in [0.5, 0.6) is 5.75 Å². The number of hydrogen-bond acceptors (Lipinski definition) is 5. The van der Waals surface area contributed by atoms with Gasteiger partial charge in [-0.2, -0.15) is 5.26 Å². The van der Waals surface area contributed by atoms with Gasteiger partial charge in [0, 0.05) is 11.1 Å². The highest BCUT2D eigenvalue weighted by Gasteiger charge is 2.22. The van der Waals surface area contributed by atoms with Gasteiger partial charge in [-0.05, 0) is 36.6 Å². The minimum absolute atomic E-state index is 0.0140. The third kappa shape index (κ3) is 3.88. The van der Waals surface area contributed by atoms with Gasteiger partial charge in [-0.25, -0.2) is 4.79 Å². The molecule has 0 aliphatic rings. The fraction of sp³-hybridized carbons (Fsp3) is 0.0952. The van der Waals surface area contributed by atoms with Crippen LogP contribution in [0.4, 0.5) is 5.69 Å². The van der Waals surface area contributed by atoms with Crippen molar-refractivity contribution >= 4 is 28.3 Å². The zero-order chi connectivity index (χ0) is 19.4. The summed E-state index contributed by atoms with van der Waals surface area (Å²) in [5, 5.41) is 23.1. The number of amides is 1. The maximum atomic E-state index is 12.4. The largest absolute Gasteiger partial charge is 0.506 e. The molecule has 0 fully saturated rings. The summed E-state index contributed by atoms with van der Waals surface area (Å²) < 4.78 is 5.18. The Hall–Kier alpha value is -3.85. The Morgan fingerprint density at radius 2 is 1.89 bits per heavy atom. The van der Waals surface area contributed by atoms with Crippen LogP contribution in [0.25, 0.3) is 10.8 Å². The highest BCUT2D eigenvalue weighted by molar-refractivity contribution is 6.02. The van der Waals surface area contributed by atoms with Gasteiger partial charge in [0.1, 0.15) is 11.3 Å². The molecule has 0 saturated heterocycles. The predicted molar refractivity (Wildman–Crippen MR) is 100 cm³/mol. The van der Waals surface area contributed by atoms with Crippen molar-refractivity contribution in [2.75, 3.05) is 5.32 Å². The fourth-order valence-corrected chi connectivity index (χ4v) is 2.61. The summed E-state index contributed by atoms with van der Waals surface area (Å²) in [7, 11) is 0. The molecule has 0 aliphatic carbocycles. The molecule has 0 aliphatic heterocycles. The van der Waals surface area contributed by atoms with Crippen LogP contribution in [-0.2, 0) is 9.53 Å². The van der Waals surface area contributed by atoms with Gasteiger partial charge in [0.05, 0.1) is 11.6 Å². The molecule has 3 rings (SSSR count). The molecule has 3 aromatic rings. The van der Waals surface area contributed by atoms with E-state index in [1.165, 1.54) is 19.1 Å². The van der Waals surface area contributed by atoms with Crippen LogP contribution in [0.15, 0.2) is 60.7 Å². The number of esters is 1. The number of nitrogens with zero attached hydrogens (tertiary/aromatic N) is 1. The van der Waals surface area contributed by atoms with Crippen molar-refractivity contribution in [2.24, 2.45) is 0 Å². The maximum absolute atomic E-state index is 12.4. The summed E-state index contributed by atoms with van der Waals surface area (Å²) >= 11 is 0. The average Bonchev–Trinajstić information content (AvgIpc) is 2.68. The minimum atomic E-state index is -1.09. The van der Waals surface area contributed by atoms with Gasteiger partial charge < -0.3 is 15.2 Å². The second kappa shape index (κ2) is 7.58. The minimum Gasteiger partial charge on any atom is -0.506 e. The average molecular weight is 360 g/mol. The zero-order valence-electron chi connectivity index (χ0n) is 14.5. The first-order chi connectivity index (χ1) is 13.0. The first-order valence-corrected chi connectivity index (χ1v) is 8.22. The number of rotatable bonds is 4. The Labute approximate surface area is 155 Å². The summed E-state index contributed by atoms with van der Waals surface area (Å²) in [4.78, 5) is 24.6. The monoisotopic (exact) mass is 360 g/mol. The lowest BCUT2D eigenvalue weighted by molar-refractivity contribution is -0.123. The van der Waals surface area contributed by atoms with E-state index in [9.17, 15) is 14.7 Å². The second-order valence-corrected chi connectivity index (χ2v) is 5.91. The van der Waals surface area contributed by atoms with E-state index in [1.54, 1.807) is 36.4 Å². The summed E-state index contributed by atoms with van der Waals surface area (Å²) in [6.07, 6.45) is -1.09. The van der Waals surface area contributed by atoms with E-state index in [1.807, 2.05) is 18.2 Å². The van der Waals surface area contributed by atoms with Crippen LogP contribution in [0, 0.1) is 11.3 Å². The van der Waals surface area contributed by atoms with E-state index in [4.69, 9.17) is 10.00 Å². The van der Waals surface area contributed by atoms with E-state index in [2.05, 4.69) is 5.32 Å². The van der Waals surface area contributed by atoms with Crippen molar-refractivity contribution < 1.29 is 19.4 Å². The molecular formula is C21H16N2O4. The highest BCUT2D eigenvalue weighted by atomic mass is 16.5. The molecule has 2 N–H and O–H groups in total. The van der Waals surface area contributed by atoms with Crippen molar-refractivity contribution in [3.05, 3.63) is 71.8 Å². The molecule has 27 heavy (non-hydrogen) atoms. The topological polar surface area (TPSA) is 99.4 Å². The molecule has 0 aromatic heterocycles. The Kier molecular flexibility index (Phi) is 5.04. The van der Waals surface area contributed by atoms with Crippen molar-refractivity contribution in [3.63, 3.8) is 0 Å². The smallest absolute Gasteiger partial charge is 0.342 e. The van der Waals surface area contributed by atoms with E-state index in [0.717, 1.165) is 5.39 Å². The van der Waals surface area contributed by atoms with Gasteiger partial charge in [-0.1, -0.05) is 36.4 Å². The van der Waals surface area contributed by atoms with Gasteiger partial charge in [-0.15, -0.1) is 0 Å². The normalized spacial score (nSPS) is 11.4. The molecule has 1 amide bonds. The Bertz CT molecular complexity index is 1070. The molecular weight excluding hydrogens is 344 g/mol. The van der Waals surface area contributed by atoms with E-state index in [0.29, 0.717) is 16.6 Å². The van der Waals surface area contributed by atoms with E-state index >= 15 is 0 Å². The summed E-state index contributed by atoms with van der Waals surface area (Å²) in [5.74, 6) is -1.53. The van der Waals surface area contributed by atoms with E-state index in [-0.39, 0.29) is 11.3 Å². The first-order valence-electron chi connectivity index (χ1n) is 8.22. The molecule has 6 nitrogen and oxygen atoms in total. The lowest BCUT2D eigenvalue weighted by atomic mass is 10.1. The van der Waals surface area contributed by atoms with Crippen LogP contribution < -0.4 is 5.32 Å². The Morgan fingerprint density at radius 3 is 2.67 bits per heavy atom. The molecule has 1 atom stereocenters. The SMILES string of the molecule is CC(OC(=O)c1ccc2ccccc2c1O)C(=O)Nc1cccc(C#N)c1. The van der Waals surface area contributed by atoms with Gasteiger partial charge in [-0.3, -0.25) is 4.79 Å².